The van der Waals surface area contributed by atoms with Crippen molar-refractivity contribution in [2.45, 2.75) is 24.7 Å². The lowest BCUT2D eigenvalue weighted by Crippen LogP contribution is -2.46. The fraction of sp³-hybridized carbons (Fsp3) is 0.556. The quantitative estimate of drug-likeness (QED) is 0.157. The van der Waals surface area contributed by atoms with Gasteiger partial charge in [0.15, 0.2) is 5.96 Å². The van der Waals surface area contributed by atoms with Gasteiger partial charge in [-0.1, -0.05) is 11.6 Å². The molecule has 0 unspecified atom stereocenters. The smallest absolute Gasteiger partial charge is 0.308 e. The van der Waals surface area contributed by atoms with E-state index in [9.17, 15) is 4.79 Å². The predicted molar refractivity (Wildman–Crippen MR) is 120 cm³/mol. The van der Waals surface area contributed by atoms with Crippen molar-refractivity contribution in [1.82, 2.24) is 10.2 Å². The van der Waals surface area contributed by atoms with Crippen LogP contribution in [0.5, 0.6) is 0 Å². The molecular weight excluding hydrogens is 485 g/mol. The van der Waals surface area contributed by atoms with Crippen molar-refractivity contribution < 1.29 is 9.53 Å². The zero-order chi connectivity index (χ0) is 18.1. The molecule has 5 nitrogen and oxygen atoms in total. The number of likely N-dealkylation sites (tertiary alicyclic amines) is 1. The lowest BCUT2D eigenvalue weighted by molar-refractivity contribution is -0.146. The number of hydrogen-bond donors (Lipinski definition) is 1. The summed E-state index contributed by atoms with van der Waals surface area (Å²) in [5.41, 5.74) is 0. The Morgan fingerprint density at radius 1 is 1.35 bits per heavy atom. The van der Waals surface area contributed by atoms with Crippen LogP contribution in [0, 0.1) is 5.92 Å². The largest absolute Gasteiger partial charge is 0.469 e. The summed E-state index contributed by atoms with van der Waals surface area (Å²) in [7, 11) is 1.46. The lowest BCUT2D eigenvalue weighted by atomic mass is 9.97. The molecule has 0 aromatic heterocycles. The van der Waals surface area contributed by atoms with Gasteiger partial charge >= 0.3 is 5.97 Å². The molecule has 1 fully saturated rings. The number of halogens is 2. The Labute approximate surface area is 182 Å². The molecule has 0 atom stereocenters. The molecule has 146 valence electrons. The minimum Gasteiger partial charge on any atom is -0.469 e. The molecule has 2 rings (SSSR count). The van der Waals surface area contributed by atoms with E-state index in [-0.39, 0.29) is 35.9 Å². The number of ether oxygens (including phenoxy) is 1. The zero-order valence-corrected chi connectivity index (χ0v) is 19.1. The van der Waals surface area contributed by atoms with Gasteiger partial charge in [-0.15, -0.1) is 35.7 Å². The zero-order valence-electron chi connectivity index (χ0n) is 15.2. The monoisotopic (exact) mass is 511 g/mol. The number of aliphatic imine (C=N–C) groups is 1. The number of methoxy groups -OCH3 is 1. The van der Waals surface area contributed by atoms with E-state index in [1.165, 1.54) is 12.0 Å². The molecule has 0 aliphatic carbocycles. The molecule has 1 aromatic rings. The molecule has 1 aliphatic rings. The Bertz CT molecular complexity index is 578. The van der Waals surface area contributed by atoms with E-state index < -0.39 is 0 Å². The van der Waals surface area contributed by atoms with E-state index in [0.29, 0.717) is 0 Å². The number of esters is 1. The van der Waals surface area contributed by atoms with Crippen LogP contribution in [0.3, 0.4) is 0 Å². The summed E-state index contributed by atoms with van der Waals surface area (Å²) < 4.78 is 4.85. The third-order valence-electron chi connectivity index (χ3n) is 4.10. The van der Waals surface area contributed by atoms with Crippen molar-refractivity contribution in [1.29, 1.82) is 0 Å². The maximum absolute atomic E-state index is 11.6. The van der Waals surface area contributed by atoms with Crippen molar-refractivity contribution in [2.75, 3.05) is 39.0 Å². The van der Waals surface area contributed by atoms with Crippen LogP contribution in [0.1, 0.15) is 19.8 Å². The van der Waals surface area contributed by atoms with Crippen LogP contribution in [-0.2, 0) is 9.53 Å². The second-order valence-corrected chi connectivity index (χ2v) is 7.43. The molecule has 1 N–H and O–H groups in total. The Hall–Kier alpha value is -0.670. The molecule has 0 spiro atoms. The van der Waals surface area contributed by atoms with E-state index in [1.54, 1.807) is 11.8 Å². The Morgan fingerprint density at radius 3 is 2.58 bits per heavy atom. The first-order valence-corrected chi connectivity index (χ1v) is 9.99. The SMILES string of the molecule is CCNC(=NCCSc1ccc(Cl)cc1)N1CCC(C(=O)OC)CC1.I. The fourth-order valence-electron chi connectivity index (χ4n) is 2.77. The van der Waals surface area contributed by atoms with Crippen LogP contribution in [0.25, 0.3) is 0 Å². The number of piperidine rings is 1. The number of guanidine groups is 1. The minimum atomic E-state index is -0.0963. The number of thioether (sulfide) groups is 1. The summed E-state index contributed by atoms with van der Waals surface area (Å²) in [6.07, 6.45) is 1.63. The number of rotatable bonds is 6. The molecule has 26 heavy (non-hydrogen) atoms. The second kappa shape index (κ2) is 12.7. The maximum atomic E-state index is 11.6. The highest BCUT2D eigenvalue weighted by atomic mass is 127. The summed E-state index contributed by atoms with van der Waals surface area (Å²) in [5, 5.41) is 4.11. The minimum absolute atomic E-state index is 0. The van der Waals surface area contributed by atoms with Crippen LogP contribution in [-0.4, -0.2) is 55.9 Å². The van der Waals surface area contributed by atoms with Crippen LogP contribution in [0.4, 0.5) is 0 Å². The summed E-state index contributed by atoms with van der Waals surface area (Å²) in [6, 6.07) is 7.87. The topological polar surface area (TPSA) is 53.9 Å². The van der Waals surface area contributed by atoms with Crippen molar-refractivity contribution >= 4 is 59.3 Å². The van der Waals surface area contributed by atoms with Gasteiger partial charge in [0, 0.05) is 35.3 Å². The summed E-state index contributed by atoms with van der Waals surface area (Å²) >= 11 is 7.67. The van der Waals surface area contributed by atoms with E-state index >= 15 is 0 Å². The first-order chi connectivity index (χ1) is 12.1. The maximum Gasteiger partial charge on any atom is 0.308 e. The van der Waals surface area contributed by atoms with Gasteiger partial charge in [-0.3, -0.25) is 9.79 Å². The molecule has 1 heterocycles. The molecule has 1 saturated heterocycles. The number of nitrogens with one attached hydrogen (secondary N) is 1. The third-order valence-corrected chi connectivity index (χ3v) is 5.34. The molecule has 0 radical (unpaired) electrons. The Morgan fingerprint density at radius 2 is 2.00 bits per heavy atom. The molecular formula is C18H27ClIN3O2S. The lowest BCUT2D eigenvalue weighted by Gasteiger charge is -2.33. The molecule has 1 aliphatic heterocycles. The van der Waals surface area contributed by atoms with E-state index in [0.717, 1.165) is 55.8 Å². The standard InChI is InChI=1S/C18H26ClN3O2S.HI/c1-3-20-18(22-11-8-14(9-12-22)17(23)24-2)21-10-13-25-16-6-4-15(19)5-7-16;/h4-7,14H,3,8-13H2,1-2H3,(H,20,21);1H. The number of carbonyl (C=O) groups is 1. The first kappa shape index (κ1) is 23.4. The van der Waals surface area contributed by atoms with Gasteiger partial charge in [-0.05, 0) is 44.0 Å². The van der Waals surface area contributed by atoms with Crippen LogP contribution >= 0.6 is 47.3 Å². The first-order valence-electron chi connectivity index (χ1n) is 8.63. The average Bonchev–Trinajstić information content (AvgIpc) is 2.65. The summed E-state index contributed by atoms with van der Waals surface area (Å²) in [6.45, 7) is 5.30. The summed E-state index contributed by atoms with van der Waals surface area (Å²) in [5.74, 6) is 1.77. The van der Waals surface area contributed by atoms with Crippen molar-refractivity contribution in [3.63, 3.8) is 0 Å². The second-order valence-electron chi connectivity index (χ2n) is 5.82. The number of benzene rings is 1. The van der Waals surface area contributed by atoms with E-state index in [2.05, 4.69) is 17.1 Å². The van der Waals surface area contributed by atoms with Gasteiger partial charge in [-0.2, -0.15) is 0 Å². The van der Waals surface area contributed by atoms with Gasteiger partial charge in [0.1, 0.15) is 0 Å². The van der Waals surface area contributed by atoms with Gasteiger partial charge in [-0.25, -0.2) is 0 Å². The van der Waals surface area contributed by atoms with Gasteiger partial charge in [0.2, 0.25) is 0 Å². The molecule has 0 saturated carbocycles. The number of carbonyl (C=O) groups excluding carboxylic acids is 1. The van der Waals surface area contributed by atoms with Gasteiger partial charge < -0.3 is 15.0 Å². The molecule has 0 bridgehead atoms. The highest BCUT2D eigenvalue weighted by Gasteiger charge is 2.26. The fourth-order valence-corrected chi connectivity index (χ4v) is 3.64. The number of hydrogen-bond acceptors (Lipinski definition) is 4. The van der Waals surface area contributed by atoms with E-state index in [1.807, 2.05) is 24.3 Å². The highest BCUT2D eigenvalue weighted by molar-refractivity contribution is 14.0. The molecule has 1 aromatic carbocycles. The van der Waals surface area contributed by atoms with Crippen molar-refractivity contribution in [3.05, 3.63) is 29.3 Å². The van der Waals surface area contributed by atoms with Crippen LogP contribution in [0.15, 0.2) is 34.2 Å². The van der Waals surface area contributed by atoms with Crippen LogP contribution in [0.2, 0.25) is 5.02 Å². The Balaban J connectivity index is 0.00000338. The Kier molecular flexibility index (Phi) is 11.4. The summed E-state index contributed by atoms with van der Waals surface area (Å²) in [4.78, 5) is 19.8. The number of nitrogens with zero attached hydrogens (tertiary/aromatic N) is 2. The molecule has 0 amide bonds. The highest BCUT2D eigenvalue weighted by Crippen LogP contribution is 2.21. The third kappa shape index (κ3) is 7.52. The molecule has 8 heteroatoms. The van der Waals surface area contributed by atoms with E-state index in [4.69, 9.17) is 21.3 Å². The predicted octanol–water partition coefficient (Wildman–Crippen LogP) is 3.90. The van der Waals surface area contributed by atoms with Crippen molar-refractivity contribution in [2.24, 2.45) is 10.9 Å². The van der Waals surface area contributed by atoms with Crippen LogP contribution < -0.4 is 5.32 Å². The average molecular weight is 512 g/mol. The normalized spacial score (nSPS) is 15.3. The van der Waals surface area contributed by atoms with Gasteiger partial charge in [0.05, 0.1) is 19.6 Å². The van der Waals surface area contributed by atoms with Gasteiger partial charge in [0.25, 0.3) is 0 Å². The van der Waals surface area contributed by atoms with Crippen molar-refractivity contribution in [3.8, 4) is 0 Å².